The summed E-state index contributed by atoms with van der Waals surface area (Å²) in [6.45, 7) is 7.52. The predicted molar refractivity (Wildman–Crippen MR) is 314 cm³/mol. The second kappa shape index (κ2) is 26.2. The van der Waals surface area contributed by atoms with E-state index in [4.69, 9.17) is 15.9 Å². The van der Waals surface area contributed by atoms with E-state index in [2.05, 4.69) is 120 Å². The van der Waals surface area contributed by atoms with Crippen molar-refractivity contribution in [2.24, 2.45) is 42.0 Å². The zero-order valence-corrected chi connectivity index (χ0v) is 45.8. The van der Waals surface area contributed by atoms with Crippen molar-refractivity contribution in [2.45, 2.75) is 65.3 Å². The summed E-state index contributed by atoms with van der Waals surface area (Å²) < 4.78 is 72.7. The topological polar surface area (TPSA) is 156 Å². The monoisotopic (exact) mass is 1120 g/mol. The van der Waals surface area contributed by atoms with Crippen LogP contribution in [0, 0.1) is 5.92 Å². The number of alkyl halides is 5. The highest BCUT2D eigenvalue weighted by atomic mass is 32.2. The molecule has 2 saturated heterocycles. The van der Waals surface area contributed by atoms with Gasteiger partial charge < -0.3 is 25.0 Å². The molecule has 2 aliphatic rings. The van der Waals surface area contributed by atoms with Gasteiger partial charge in [0, 0.05) is 47.1 Å². The van der Waals surface area contributed by atoms with Crippen LogP contribution in [0.15, 0.2) is 176 Å². The highest BCUT2D eigenvalue weighted by molar-refractivity contribution is 8.14. The van der Waals surface area contributed by atoms with Crippen LogP contribution in [0.5, 0.6) is 11.5 Å². The Hall–Kier alpha value is -8.17. The number of rotatable bonds is 18. The first-order valence-corrected chi connectivity index (χ1v) is 27.7. The number of ether oxygens (including phenoxy) is 2. The first-order chi connectivity index (χ1) is 38.6. The summed E-state index contributed by atoms with van der Waals surface area (Å²) >= 11 is 3.41. The standard InChI is InChI=1S/C59H57F5N12O2S2/c1-38(2)50-8-5-6-9-52(50)75-34-43(35-80-58(75)72-70-32-40-10-15-44(16-11-40)54(65)67-36-66-46-19-23-48(24-20-46)77-56(60)61)30-42-14-27-51(39(3)4)53(31-42)74-28-7-29-79-57(74)71-69-33-41-12-17-45(18-13-41)55-68-37-76(73-55)47-21-25-49(26-22-47)78-59(62,63)64/h5-6,8-27,31-33,36-39,43,56H,7,28-30,34-35H2,1-4H3,(H2,65,66,67)/b69-33+,70-32+,71-57-,72-58-. The van der Waals surface area contributed by atoms with Gasteiger partial charge in [0.2, 0.25) is 0 Å². The SMILES string of the molecule is CC(C)c1ccc(CC2CS/C(=N\N=C\c3ccc(C(N)=NC=Nc4ccc(OC(F)F)cc4)cc3)N(c3ccccc3C(C)C)C2)cc1N1CCCS/C1=N\N=C\c1ccc(-c2ncn(-c3ccc(OC(F)(F)F)cc3)n2)cc1. The summed E-state index contributed by atoms with van der Waals surface area (Å²) in [6.07, 6.45) is 3.35. The minimum Gasteiger partial charge on any atom is -0.435 e. The van der Waals surface area contributed by atoms with Crippen molar-refractivity contribution in [3.63, 3.8) is 0 Å². The molecule has 6 aromatic carbocycles. The van der Waals surface area contributed by atoms with Gasteiger partial charge >= 0.3 is 13.0 Å². The van der Waals surface area contributed by atoms with E-state index in [0.29, 0.717) is 28.7 Å². The van der Waals surface area contributed by atoms with Crippen LogP contribution < -0.4 is 25.0 Å². The first-order valence-electron chi connectivity index (χ1n) is 25.8. The second-order valence-corrected chi connectivity index (χ2v) is 21.3. The molecular formula is C59H57F5N12O2S2. The number of aromatic nitrogens is 3. The maximum atomic E-state index is 12.6. The lowest BCUT2D eigenvalue weighted by Crippen LogP contribution is -2.40. The number of thioether (sulfide) groups is 2. The number of nitrogens with zero attached hydrogens (tertiary/aromatic N) is 11. The van der Waals surface area contributed by atoms with E-state index in [9.17, 15) is 22.0 Å². The molecule has 412 valence electrons. The molecule has 0 amide bonds. The molecule has 80 heavy (non-hydrogen) atoms. The third-order valence-corrected chi connectivity index (χ3v) is 15.1. The molecule has 2 fully saturated rings. The van der Waals surface area contributed by atoms with E-state index < -0.39 is 13.0 Å². The van der Waals surface area contributed by atoms with E-state index in [1.54, 1.807) is 48.1 Å². The van der Waals surface area contributed by atoms with Gasteiger partial charge in [0.15, 0.2) is 16.2 Å². The van der Waals surface area contributed by atoms with Crippen molar-refractivity contribution >= 4 is 75.5 Å². The van der Waals surface area contributed by atoms with Gasteiger partial charge in [-0.1, -0.05) is 130 Å². The van der Waals surface area contributed by atoms with Crippen LogP contribution >= 0.6 is 23.5 Å². The molecule has 0 aliphatic carbocycles. The maximum absolute atomic E-state index is 12.6. The van der Waals surface area contributed by atoms with Crippen LogP contribution in [0.2, 0.25) is 0 Å². The molecule has 0 spiro atoms. The number of benzene rings is 6. The van der Waals surface area contributed by atoms with Gasteiger partial charge in [-0.15, -0.1) is 28.5 Å². The van der Waals surface area contributed by atoms with Gasteiger partial charge in [-0.05, 0) is 119 Å². The number of anilines is 2. The Balaban J connectivity index is 0.865. The van der Waals surface area contributed by atoms with Crippen molar-refractivity contribution in [1.82, 2.24) is 14.8 Å². The summed E-state index contributed by atoms with van der Waals surface area (Å²) in [6, 6.07) is 41.7. The van der Waals surface area contributed by atoms with Crippen LogP contribution in [0.25, 0.3) is 17.1 Å². The summed E-state index contributed by atoms with van der Waals surface area (Å²) in [5.74, 6) is 3.08. The molecule has 3 heterocycles. The fraction of sp³-hybridized carbons (Fsp3) is 0.254. The Morgan fingerprint density at radius 3 is 2.08 bits per heavy atom. The number of halogens is 5. The van der Waals surface area contributed by atoms with Gasteiger partial charge in [-0.3, -0.25) is 0 Å². The van der Waals surface area contributed by atoms with E-state index in [1.165, 1.54) is 70.4 Å². The van der Waals surface area contributed by atoms with Crippen LogP contribution in [-0.4, -0.2) is 87.3 Å². The summed E-state index contributed by atoms with van der Waals surface area (Å²) in [7, 11) is 0. The molecule has 7 aromatic rings. The van der Waals surface area contributed by atoms with E-state index in [-0.39, 0.29) is 29.2 Å². The third-order valence-electron chi connectivity index (χ3n) is 12.9. The molecule has 9 rings (SSSR count). The largest absolute Gasteiger partial charge is 0.573 e. The molecule has 2 aliphatic heterocycles. The predicted octanol–water partition coefficient (Wildman–Crippen LogP) is 13.9. The zero-order valence-electron chi connectivity index (χ0n) is 44.2. The minimum absolute atomic E-state index is 0.0404. The van der Waals surface area contributed by atoms with Crippen molar-refractivity contribution in [3.05, 3.63) is 179 Å². The molecule has 1 atom stereocenters. The van der Waals surface area contributed by atoms with E-state index in [0.717, 1.165) is 75.8 Å². The number of amidine groups is 3. The summed E-state index contributed by atoms with van der Waals surface area (Å²) in [5, 5.41) is 24.9. The van der Waals surface area contributed by atoms with Crippen molar-refractivity contribution in [2.75, 3.05) is 34.4 Å². The molecular weight excluding hydrogens is 1070 g/mol. The molecule has 0 saturated carbocycles. The molecule has 0 bridgehead atoms. The van der Waals surface area contributed by atoms with Gasteiger partial charge in [-0.2, -0.15) is 19.0 Å². The quantitative estimate of drug-likeness (QED) is 0.0382. The van der Waals surface area contributed by atoms with E-state index >= 15 is 0 Å². The Bertz CT molecular complexity index is 3400. The van der Waals surface area contributed by atoms with Crippen LogP contribution in [0.4, 0.5) is 39.0 Å². The number of nitrogens with two attached hydrogens (primary N) is 1. The number of hydrogen-bond donors (Lipinski definition) is 1. The Morgan fingerprint density at radius 2 is 1.40 bits per heavy atom. The Morgan fingerprint density at radius 1 is 0.750 bits per heavy atom. The van der Waals surface area contributed by atoms with Gasteiger partial charge in [-0.25, -0.2) is 19.7 Å². The number of aliphatic imine (C=N–C) groups is 2. The summed E-state index contributed by atoms with van der Waals surface area (Å²) in [4.78, 5) is 17.5. The molecule has 1 unspecified atom stereocenters. The molecule has 1 aromatic heterocycles. The molecule has 21 heteroatoms. The van der Waals surface area contributed by atoms with Crippen LogP contribution in [0.3, 0.4) is 0 Å². The zero-order chi connectivity index (χ0) is 56.2. The minimum atomic E-state index is -4.77. The third kappa shape index (κ3) is 15.1. The van der Waals surface area contributed by atoms with Gasteiger partial charge in [0.25, 0.3) is 0 Å². The lowest BCUT2D eigenvalue weighted by molar-refractivity contribution is -0.274. The fourth-order valence-electron chi connectivity index (χ4n) is 8.94. The smallest absolute Gasteiger partial charge is 0.435 e. The Kier molecular flexibility index (Phi) is 18.5. The average Bonchev–Trinajstić information content (AvgIpc) is 3.95. The van der Waals surface area contributed by atoms with Crippen molar-refractivity contribution in [3.8, 4) is 28.6 Å². The maximum Gasteiger partial charge on any atom is 0.573 e. The Labute approximate surface area is 469 Å². The number of para-hydroxylation sites is 1. The number of hydrogen-bond acceptors (Lipinski definition) is 11. The van der Waals surface area contributed by atoms with Crippen LogP contribution in [0.1, 0.15) is 79.3 Å². The molecule has 14 nitrogen and oxygen atoms in total. The van der Waals surface area contributed by atoms with Gasteiger partial charge in [0.1, 0.15) is 30.0 Å². The van der Waals surface area contributed by atoms with Crippen molar-refractivity contribution in [1.29, 1.82) is 0 Å². The molecule has 2 N–H and O–H groups in total. The van der Waals surface area contributed by atoms with Crippen LogP contribution in [-0.2, 0) is 6.42 Å². The van der Waals surface area contributed by atoms with Gasteiger partial charge in [0.05, 0.1) is 23.8 Å². The first kappa shape index (κ1) is 56.5. The normalized spacial score (nSPS) is 16.7. The lowest BCUT2D eigenvalue weighted by Gasteiger charge is -2.36. The highest BCUT2D eigenvalue weighted by Crippen LogP contribution is 2.37. The van der Waals surface area contributed by atoms with Crippen molar-refractivity contribution < 1.29 is 31.4 Å². The second-order valence-electron chi connectivity index (χ2n) is 19.3. The molecule has 0 radical (unpaired) electrons. The fourth-order valence-corrected chi connectivity index (χ4v) is 10.9. The summed E-state index contributed by atoms with van der Waals surface area (Å²) in [5.41, 5.74) is 16.4. The average molecular weight is 1130 g/mol. The van der Waals surface area contributed by atoms with E-state index in [1.807, 2.05) is 48.5 Å². The highest BCUT2D eigenvalue weighted by Gasteiger charge is 2.32. The lowest BCUT2D eigenvalue weighted by atomic mass is 9.93.